The van der Waals surface area contributed by atoms with Gasteiger partial charge in [0.2, 0.25) is 10.0 Å². The maximum Gasteiger partial charge on any atom is 0.240 e. The number of sulfonamides is 1. The van der Waals surface area contributed by atoms with E-state index in [0.29, 0.717) is 10.9 Å². The Labute approximate surface area is 127 Å². The summed E-state index contributed by atoms with van der Waals surface area (Å²) in [5.41, 5.74) is 2.29. The van der Waals surface area contributed by atoms with Crippen LogP contribution < -0.4 is 10.0 Å². The molecule has 2 N–H and O–H groups in total. The predicted octanol–water partition coefficient (Wildman–Crippen LogP) is 2.32. The van der Waals surface area contributed by atoms with Gasteiger partial charge in [-0.3, -0.25) is 0 Å². The summed E-state index contributed by atoms with van der Waals surface area (Å²) in [6.07, 6.45) is 3.37. The third-order valence-electron chi connectivity index (χ3n) is 4.60. The predicted molar refractivity (Wildman–Crippen MR) is 83.5 cm³/mol. The van der Waals surface area contributed by atoms with Crippen molar-refractivity contribution < 1.29 is 8.42 Å². The summed E-state index contributed by atoms with van der Waals surface area (Å²) in [7, 11) is -3.41. The molecular formula is C16H24N2O2S. The smallest absolute Gasteiger partial charge is 0.240 e. The molecule has 0 saturated heterocycles. The molecule has 116 valence electrons. The standard InChI is InChI=1S/C16H24N2O2S/c1-11-4-7-14(8-12(11)10-17-13-5-6-13)21(19,20)18-15-9-16(15,2)3/h4,7-8,13,15,17-18H,5-6,9-10H2,1-3H3. The molecule has 1 aromatic carbocycles. The molecule has 2 saturated carbocycles. The Bertz CT molecular complexity index is 648. The molecule has 0 amide bonds. The molecule has 0 spiro atoms. The van der Waals surface area contributed by atoms with Crippen LogP contribution in [0.4, 0.5) is 0 Å². The molecule has 0 aromatic heterocycles. The number of nitrogens with one attached hydrogen (secondary N) is 2. The molecule has 4 nitrogen and oxygen atoms in total. The number of hydrogen-bond donors (Lipinski definition) is 2. The van der Waals surface area contributed by atoms with Crippen molar-refractivity contribution in [2.24, 2.45) is 5.41 Å². The third-order valence-corrected chi connectivity index (χ3v) is 6.07. The van der Waals surface area contributed by atoms with Gasteiger partial charge in [0, 0.05) is 18.6 Å². The first kappa shape index (κ1) is 15.0. The average Bonchev–Trinajstić information content (AvgIpc) is 3.28. The minimum absolute atomic E-state index is 0.0665. The highest BCUT2D eigenvalue weighted by Gasteiger charge is 2.47. The summed E-state index contributed by atoms with van der Waals surface area (Å²) in [5, 5.41) is 3.44. The fourth-order valence-electron chi connectivity index (χ4n) is 2.47. The van der Waals surface area contributed by atoms with Gasteiger partial charge < -0.3 is 5.32 Å². The maximum atomic E-state index is 12.5. The van der Waals surface area contributed by atoms with Crippen LogP contribution in [0.3, 0.4) is 0 Å². The van der Waals surface area contributed by atoms with E-state index in [-0.39, 0.29) is 11.5 Å². The second kappa shape index (κ2) is 5.07. The van der Waals surface area contributed by atoms with Crippen LogP contribution in [0.15, 0.2) is 23.1 Å². The SMILES string of the molecule is Cc1ccc(S(=O)(=O)NC2CC2(C)C)cc1CNC1CC1. The molecule has 2 aliphatic rings. The first-order valence-corrected chi connectivity index (χ1v) is 9.11. The van der Waals surface area contributed by atoms with Crippen LogP contribution in [0.1, 0.15) is 44.2 Å². The van der Waals surface area contributed by atoms with Crippen molar-refractivity contribution in [2.45, 2.75) is 63.6 Å². The van der Waals surface area contributed by atoms with Gasteiger partial charge in [0.15, 0.2) is 0 Å². The van der Waals surface area contributed by atoms with Gasteiger partial charge in [0.25, 0.3) is 0 Å². The second-order valence-electron chi connectivity index (χ2n) is 7.11. The lowest BCUT2D eigenvalue weighted by Crippen LogP contribution is -2.28. The van der Waals surface area contributed by atoms with Gasteiger partial charge in [-0.05, 0) is 54.9 Å². The quantitative estimate of drug-likeness (QED) is 0.848. The molecule has 0 bridgehead atoms. The fourth-order valence-corrected chi connectivity index (χ4v) is 3.93. The van der Waals surface area contributed by atoms with E-state index in [4.69, 9.17) is 0 Å². The lowest BCUT2D eigenvalue weighted by Gasteiger charge is -2.12. The number of hydrogen-bond acceptors (Lipinski definition) is 3. The first-order valence-electron chi connectivity index (χ1n) is 7.63. The molecule has 21 heavy (non-hydrogen) atoms. The molecule has 0 radical (unpaired) electrons. The third kappa shape index (κ3) is 3.47. The van der Waals surface area contributed by atoms with Crippen molar-refractivity contribution in [3.8, 4) is 0 Å². The summed E-state index contributed by atoms with van der Waals surface area (Å²) in [4.78, 5) is 0.378. The van der Waals surface area contributed by atoms with E-state index in [1.54, 1.807) is 6.07 Å². The van der Waals surface area contributed by atoms with Gasteiger partial charge in [-0.15, -0.1) is 0 Å². The van der Waals surface area contributed by atoms with Gasteiger partial charge in [-0.25, -0.2) is 13.1 Å². The summed E-state index contributed by atoms with van der Waals surface area (Å²) in [6.45, 7) is 6.94. The maximum absolute atomic E-state index is 12.5. The summed E-state index contributed by atoms with van der Waals surface area (Å²) in [5.74, 6) is 0. The Kier molecular flexibility index (Phi) is 3.62. The Morgan fingerprint density at radius 3 is 2.52 bits per heavy atom. The molecular weight excluding hydrogens is 284 g/mol. The van der Waals surface area contributed by atoms with E-state index in [2.05, 4.69) is 23.9 Å². The zero-order valence-electron chi connectivity index (χ0n) is 12.9. The van der Waals surface area contributed by atoms with Crippen molar-refractivity contribution in [1.29, 1.82) is 0 Å². The van der Waals surface area contributed by atoms with Crippen LogP contribution in [0.2, 0.25) is 0 Å². The van der Waals surface area contributed by atoms with Crippen LogP contribution in [0.25, 0.3) is 0 Å². The van der Waals surface area contributed by atoms with Gasteiger partial charge in [0.1, 0.15) is 0 Å². The van der Waals surface area contributed by atoms with E-state index in [1.165, 1.54) is 12.8 Å². The molecule has 1 atom stereocenters. The first-order chi connectivity index (χ1) is 9.78. The van der Waals surface area contributed by atoms with Gasteiger partial charge in [-0.1, -0.05) is 19.9 Å². The van der Waals surface area contributed by atoms with Gasteiger partial charge >= 0.3 is 0 Å². The van der Waals surface area contributed by atoms with Gasteiger partial charge in [0.05, 0.1) is 4.90 Å². The highest BCUT2D eigenvalue weighted by molar-refractivity contribution is 7.89. The highest BCUT2D eigenvalue weighted by Crippen LogP contribution is 2.45. The Balaban J connectivity index is 1.75. The fraction of sp³-hybridized carbons (Fsp3) is 0.625. The van der Waals surface area contributed by atoms with E-state index in [9.17, 15) is 8.42 Å². The normalized spacial score (nSPS) is 24.0. The molecule has 0 aliphatic heterocycles. The van der Waals surface area contributed by atoms with E-state index in [0.717, 1.165) is 24.1 Å². The monoisotopic (exact) mass is 308 g/mol. The number of rotatable bonds is 6. The molecule has 0 heterocycles. The number of benzene rings is 1. The second-order valence-corrected chi connectivity index (χ2v) is 8.82. The van der Waals surface area contributed by atoms with Crippen LogP contribution in [0.5, 0.6) is 0 Å². The molecule has 1 aromatic rings. The zero-order chi connectivity index (χ0) is 15.3. The van der Waals surface area contributed by atoms with Crippen molar-refractivity contribution in [3.05, 3.63) is 29.3 Å². The van der Waals surface area contributed by atoms with Crippen molar-refractivity contribution in [1.82, 2.24) is 10.0 Å². The lowest BCUT2D eigenvalue weighted by molar-refractivity contribution is 0.554. The molecule has 5 heteroatoms. The minimum atomic E-state index is -3.41. The Morgan fingerprint density at radius 1 is 1.29 bits per heavy atom. The molecule has 2 fully saturated rings. The van der Waals surface area contributed by atoms with Gasteiger partial charge in [-0.2, -0.15) is 0 Å². The van der Waals surface area contributed by atoms with Crippen LogP contribution in [0, 0.1) is 12.3 Å². The Morgan fingerprint density at radius 2 is 1.95 bits per heavy atom. The summed E-state index contributed by atoms with van der Waals surface area (Å²) < 4.78 is 27.7. The summed E-state index contributed by atoms with van der Waals surface area (Å²) in [6, 6.07) is 6.10. The van der Waals surface area contributed by atoms with Crippen LogP contribution in [-0.4, -0.2) is 20.5 Å². The Hall–Kier alpha value is -0.910. The number of aryl methyl sites for hydroxylation is 1. The van der Waals surface area contributed by atoms with Crippen LogP contribution >= 0.6 is 0 Å². The topological polar surface area (TPSA) is 58.2 Å². The zero-order valence-corrected chi connectivity index (χ0v) is 13.8. The van der Waals surface area contributed by atoms with Crippen LogP contribution in [-0.2, 0) is 16.6 Å². The lowest BCUT2D eigenvalue weighted by atomic mass is 10.1. The largest absolute Gasteiger partial charge is 0.310 e. The van der Waals surface area contributed by atoms with E-state index < -0.39 is 10.0 Å². The van der Waals surface area contributed by atoms with E-state index >= 15 is 0 Å². The van der Waals surface area contributed by atoms with Crippen molar-refractivity contribution in [3.63, 3.8) is 0 Å². The highest BCUT2D eigenvalue weighted by atomic mass is 32.2. The molecule has 3 rings (SSSR count). The minimum Gasteiger partial charge on any atom is -0.310 e. The van der Waals surface area contributed by atoms with E-state index in [1.807, 2.05) is 19.1 Å². The molecule has 1 unspecified atom stereocenters. The molecule has 2 aliphatic carbocycles. The summed E-state index contributed by atoms with van der Waals surface area (Å²) >= 11 is 0. The van der Waals surface area contributed by atoms with Crippen molar-refractivity contribution in [2.75, 3.05) is 0 Å². The van der Waals surface area contributed by atoms with Crippen molar-refractivity contribution >= 4 is 10.0 Å². The average molecular weight is 308 g/mol.